The lowest BCUT2D eigenvalue weighted by Crippen LogP contribution is -2.39. The average molecular weight is 395 g/mol. The summed E-state index contributed by atoms with van der Waals surface area (Å²) in [4.78, 5) is 25.5. The van der Waals surface area contributed by atoms with E-state index < -0.39 is 4.92 Å². The van der Waals surface area contributed by atoms with Crippen molar-refractivity contribution in [3.8, 4) is 11.3 Å². The Balaban J connectivity index is 1.60. The molecule has 1 aromatic heterocycles. The van der Waals surface area contributed by atoms with E-state index in [0.29, 0.717) is 34.3 Å². The van der Waals surface area contributed by atoms with Gasteiger partial charge in [0.15, 0.2) is 0 Å². The van der Waals surface area contributed by atoms with Crippen LogP contribution in [-0.2, 0) is 4.74 Å². The maximum atomic E-state index is 12.0. The largest absolute Gasteiger partial charge is 0.379 e. The fourth-order valence-electron chi connectivity index (χ4n) is 3.49. The Hall–Kier alpha value is -3.30. The number of nitro benzene ring substituents is 1. The number of hydrogen-bond acceptors (Lipinski definition) is 7. The van der Waals surface area contributed by atoms with Gasteiger partial charge in [0, 0.05) is 43.2 Å². The van der Waals surface area contributed by atoms with Crippen molar-refractivity contribution in [3.05, 3.63) is 62.9 Å². The molecule has 0 aliphatic carbocycles. The number of fused-ring (bicyclic) bond motifs is 1. The average Bonchev–Trinajstić information content (AvgIpc) is 2.75. The second kappa shape index (κ2) is 8.38. The van der Waals surface area contributed by atoms with Crippen molar-refractivity contribution in [1.29, 1.82) is 0 Å². The second-order valence-electron chi connectivity index (χ2n) is 6.82. The lowest BCUT2D eigenvalue weighted by atomic mass is 10.0. The summed E-state index contributed by atoms with van der Waals surface area (Å²) in [5, 5.41) is 22.6. The smallest absolute Gasteiger partial charge is 0.292 e. The molecule has 0 bridgehead atoms. The van der Waals surface area contributed by atoms with Gasteiger partial charge in [-0.2, -0.15) is 5.10 Å². The Morgan fingerprint density at radius 2 is 1.93 bits per heavy atom. The van der Waals surface area contributed by atoms with E-state index in [1.807, 2.05) is 6.07 Å². The van der Waals surface area contributed by atoms with Crippen molar-refractivity contribution in [2.75, 3.05) is 44.7 Å². The monoisotopic (exact) mass is 395 g/mol. The minimum atomic E-state index is -0.408. The number of rotatable bonds is 6. The number of hydrogen-bond donors (Lipinski definition) is 2. The highest BCUT2D eigenvalue weighted by molar-refractivity contribution is 5.94. The Morgan fingerprint density at radius 3 is 2.69 bits per heavy atom. The molecule has 29 heavy (non-hydrogen) atoms. The van der Waals surface area contributed by atoms with Crippen LogP contribution in [0.5, 0.6) is 0 Å². The third-order valence-corrected chi connectivity index (χ3v) is 5.01. The van der Waals surface area contributed by atoms with Crippen molar-refractivity contribution in [2.45, 2.75) is 0 Å². The van der Waals surface area contributed by atoms with Crippen molar-refractivity contribution in [1.82, 2.24) is 15.1 Å². The summed E-state index contributed by atoms with van der Waals surface area (Å²) in [7, 11) is 0. The summed E-state index contributed by atoms with van der Waals surface area (Å²) in [6.07, 6.45) is 0. The van der Waals surface area contributed by atoms with Gasteiger partial charge in [0.05, 0.1) is 29.2 Å². The highest BCUT2D eigenvalue weighted by atomic mass is 16.6. The van der Waals surface area contributed by atoms with Gasteiger partial charge in [0.1, 0.15) is 5.69 Å². The van der Waals surface area contributed by atoms with Crippen LogP contribution in [0.1, 0.15) is 0 Å². The summed E-state index contributed by atoms with van der Waals surface area (Å²) in [5.74, 6) is 0. The van der Waals surface area contributed by atoms with Crippen LogP contribution in [0.2, 0.25) is 0 Å². The van der Waals surface area contributed by atoms with E-state index in [-0.39, 0.29) is 11.2 Å². The Bertz CT molecular complexity index is 1090. The van der Waals surface area contributed by atoms with E-state index in [4.69, 9.17) is 4.74 Å². The van der Waals surface area contributed by atoms with Crippen LogP contribution in [0.4, 0.5) is 11.4 Å². The normalized spacial score (nSPS) is 14.8. The molecule has 9 nitrogen and oxygen atoms in total. The van der Waals surface area contributed by atoms with Gasteiger partial charge in [-0.05, 0) is 12.1 Å². The molecule has 0 radical (unpaired) electrons. The SMILES string of the molecule is O=c1[nH]nc(-c2ccc(NCCN3CCOCC3)c([N+](=O)[O-])c2)c2ccccc12. The Kier molecular flexibility index (Phi) is 5.50. The van der Waals surface area contributed by atoms with Gasteiger partial charge in [-0.3, -0.25) is 19.8 Å². The molecule has 2 aromatic carbocycles. The summed E-state index contributed by atoms with van der Waals surface area (Å²) < 4.78 is 5.33. The number of aromatic nitrogens is 2. The lowest BCUT2D eigenvalue weighted by Gasteiger charge is -2.26. The number of ether oxygens (including phenoxy) is 1. The van der Waals surface area contributed by atoms with Gasteiger partial charge < -0.3 is 10.1 Å². The van der Waals surface area contributed by atoms with Crippen molar-refractivity contribution < 1.29 is 9.66 Å². The molecule has 1 aliphatic rings. The van der Waals surface area contributed by atoms with Crippen LogP contribution in [0.15, 0.2) is 47.3 Å². The number of morpholine rings is 1. The van der Waals surface area contributed by atoms with Gasteiger partial charge in [0.2, 0.25) is 0 Å². The first-order valence-corrected chi connectivity index (χ1v) is 9.44. The first-order chi connectivity index (χ1) is 14.1. The van der Waals surface area contributed by atoms with E-state index >= 15 is 0 Å². The molecule has 9 heteroatoms. The summed E-state index contributed by atoms with van der Waals surface area (Å²) in [6, 6.07) is 12.0. The number of anilines is 1. The first-order valence-electron chi connectivity index (χ1n) is 9.44. The van der Waals surface area contributed by atoms with Crippen LogP contribution >= 0.6 is 0 Å². The van der Waals surface area contributed by atoms with E-state index in [1.165, 1.54) is 6.07 Å². The van der Waals surface area contributed by atoms with Crippen molar-refractivity contribution in [2.24, 2.45) is 0 Å². The fourth-order valence-corrected chi connectivity index (χ4v) is 3.49. The van der Waals surface area contributed by atoms with E-state index in [1.54, 1.807) is 30.3 Å². The number of aromatic amines is 1. The van der Waals surface area contributed by atoms with Crippen LogP contribution in [-0.4, -0.2) is 59.4 Å². The zero-order valence-corrected chi connectivity index (χ0v) is 15.8. The molecule has 1 saturated heterocycles. The second-order valence-corrected chi connectivity index (χ2v) is 6.82. The first kappa shape index (κ1) is 19.0. The molecule has 4 rings (SSSR count). The van der Waals surface area contributed by atoms with E-state index in [9.17, 15) is 14.9 Å². The van der Waals surface area contributed by atoms with Crippen molar-refractivity contribution >= 4 is 22.1 Å². The van der Waals surface area contributed by atoms with E-state index in [2.05, 4.69) is 20.4 Å². The predicted molar refractivity (Wildman–Crippen MR) is 110 cm³/mol. The molecule has 0 unspecified atom stereocenters. The molecule has 0 atom stereocenters. The molecule has 0 spiro atoms. The molecular formula is C20H21N5O4. The fraction of sp³-hybridized carbons (Fsp3) is 0.300. The number of nitro groups is 1. The quantitative estimate of drug-likeness (QED) is 0.486. The zero-order valence-electron chi connectivity index (χ0n) is 15.8. The molecule has 3 aromatic rings. The molecule has 0 saturated carbocycles. The summed E-state index contributed by atoms with van der Waals surface area (Å²) >= 11 is 0. The van der Waals surface area contributed by atoms with Gasteiger partial charge >= 0.3 is 0 Å². The van der Waals surface area contributed by atoms with Crippen LogP contribution in [0.25, 0.3) is 22.0 Å². The molecule has 1 aliphatic heterocycles. The molecule has 1 fully saturated rings. The summed E-state index contributed by atoms with van der Waals surface area (Å²) in [6.45, 7) is 4.56. The van der Waals surface area contributed by atoms with Gasteiger partial charge in [-0.15, -0.1) is 0 Å². The Labute approximate surface area is 166 Å². The van der Waals surface area contributed by atoms with Crippen LogP contribution < -0.4 is 10.9 Å². The Morgan fingerprint density at radius 1 is 1.17 bits per heavy atom. The van der Waals surface area contributed by atoms with Gasteiger partial charge in [-0.25, -0.2) is 5.10 Å². The summed E-state index contributed by atoms with van der Waals surface area (Å²) in [5.41, 5.74) is 1.22. The standard InChI is InChI=1S/C20H21N5O4/c26-20-16-4-2-1-3-15(16)19(22-23-20)14-5-6-17(18(13-14)25(27)28)21-7-8-24-9-11-29-12-10-24/h1-6,13,21H,7-12H2,(H,23,26). The topological polar surface area (TPSA) is 113 Å². The highest BCUT2D eigenvalue weighted by Crippen LogP contribution is 2.32. The zero-order chi connectivity index (χ0) is 20.2. The molecular weight excluding hydrogens is 374 g/mol. The number of H-pyrrole nitrogens is 1. The third-order valence-electron chi connectivity index (χ3n) is 5.01. The molecule has 2 heterocycles. The minimum absolute atomic E-state index is 0.0263. The van der Waals surface area contributed by atoms with E-state index in [0.717, 1.165) is 32.8 Å². The maximum Gasteiger partial charge on any atom is 0.292 e. The molecule has 0 amide bonds. The van der Waals surface area contributed by atoms with Crippen LogP contribution in [0, 0.1) is 10.1 Å². The lowest BCUT2D eigenvalue weighted by molar-refractivity contribution is -0.383. The number of nitrogens with one attached hydrogen (secondary N) is 2. The third kappa shape index (κ3) is 4.10. The maximum absolute atomic E-state index is 12.0. The number of benzene rings is 2. The minimum Gasteiger partial charge on any atom is -0.379 e. The number of nitrogens with zero attached hydrogens (tertiary/aromatic N) is 3. The molecule has 150 valence electrons. The van der Waals surface area contributed by atoms with Gasteiger partial charge in [-0.1, -0.05) is 24.3 Å². The van der Waals surface area contributed by atoms with Gasteiger partial charge in [0.25, 0.3) is 11.2 Å². The van der Waals surface area contributed by atoms with Crippen LogP contribution in [0.3, 0.4) is 0 Å². The highest BCUT2D eigenvalue weighted by Gasteiger charge is 2.18. The molecule has 2 N–H and O–H groups in total. The van der Waals surface area contributed by atoms with Crippen molar-refractivity contribution in [3.63, 3.8) is 0 Å². The predicted octanol–water partition coefficient (Wildman–Crippen LogP) is 2.24.